The van der Waals surface area contributed by atoms with Gasteiger partial charge in [-0.2, -0.15) is 0 Å². The van der Waals surface area contributed by atoms with Gasteiger partial charge in [0.15, 0.2) is 0 Å². The Hall–Kier alpha value is -2.64. The summed E-state index contributed by atoms with van der Waals surface area (Å²) in [5, 5.41) is 4.10. The Morgan fingerprint density at radius 2 is 1.96 bits per heavy atom. The first-order valence-corrected chi connectivity index (χ1v) is 8.83. The predicted molar refractivity (Wildman–Crippen MR) is 98.2 cm³/mol. The highest BCUT2D eigenvalue weighted by Crippen LogP contribution is 2.25. The molecule has 0 saturated carbocycles. The molecule has 0 spiro atoms. The first-order valence-electron chi connectivity index (χ1n) is 8.06. The van der Waals surface area contributed by atoms with Crippen molar-refractivity contribution < 1.29 is 0 Å². The second-order valence-corrected chi connectivity index (χ2v) is 6.86. The minimum absolute atomic E-state index is 0.723. The van der Waals surface area contributed by atoms with E-state index >= 15 is 0 Å². The van der Waals surface area contributed by atoms with E-state index in [0.29, 0.717) is 0 Å². The molecule has 6 nitrogen and oxygen atoms in total. The summed E-state index contributed by atoms with van der Waals surface area (Å²) >= 11 is 1.46. The minimum atomic E-state index is 0.723. The Morgan fingerprint density at radius 3 is 2.72 bits per heavy atom. The molecule has 7 heteroatoms. The van der Waals surface area contributed by atoms with Gasteiger partial charge in [0.2, 0.25) is 5.78 Å². The summed E-state index contributed by atoms with van der Waals surface area (Å²) in [4.78, 5) is 12.6. The van der Waals surface area contributed by atoms with Crippen molar-refractivity contribution >= 4 is 17.3 Å². The Labute approximate surface area is 150 Å². The lowest BCUT2D eigenvalue weighted by atomic mass is 10.1. The van der Waals surface area contributed by atoms with Crippen LogP contribution in [0.3, 0.4) is 0 Å². The van der Waals surface area contributed by atoms with E-state index in [2.05, 4.69) is 43.1 Å². The molecule has 0 atom stereocenters. The van der Waals surface area contributed by atoms with Crippen LogP contribution in [0.15, 0.2) is 48.8 Å². The van der Waals surface area contributed by atoms with Crippen molar-refractivity contribution in [2.45, 2.75) is 20.0 Å². The summed E-state index contributed by atoms with van der Waals surface area (Å²) in [5.74, 6) is 0.723. The maximum atomic E-state index is 4.75. The molecule has 0 radical (unpaired) electrons. The zero-order valence-electron chi connectivity index (χ0n) is 14.1. The molecular formula is C18H18N6S. The van der Waals surface area contributed by atoms with Gasteiger partial charge in [0.1, 0.15) is 0 Å². The number of rotatable bonds is 5. The van der Waals surface area contributed by atoms with Gasteiger partial charge in [-0.25, -0.2) is 9.97 Å². The molecule has 0 saturated heterocycles. The third kappa shape index (κ3) is 3.16. The maximum Gasteiger partial charge on any atom is 0.234 e. The van der Waals surface area contributed by atoms with Gasteiger partial charge < -0.3 is 0 Å². The summed E-state index contributed by atoms with van der Waals surface area (Å²) in [7, 11) is 2.10. The average molecular weight is 350 g/mol. The van der Waals surface area contributed by atoms with E-state index in [4.69, 9.17) is 4.98 Å². The largest absolute Gasteiger partial charge is 0.295 e. The van der Waals surface area contributed by atoms with Crippen molar-refractivity contribution in [3.63, 3.8) is 0 Å². The molecule has 4 rings (SSSR count). The molecule has 3 aromatic heterocycles. The van der Waals surface area contributed by atoms with Crippen molar-refractivity contribution in [1.82, 2.24) is 28.9 Å². The molecule has 0 aliphatic heterocycles. The zero-order chi connectivity index (χ0) is 17.2. The summed E-state index contributed by atoms with van der Waals surface area (Å²) in [5.41, 5.74) is 4.21. The number of fused-ring (bicyclic) bond motifs is 1. The molecule has 126 valence electrons. The number of hydrogen-bond donors (Lipinski definition) is 0. The lowest BCUT2D eigenvalue weighted by Gasteiger charge is -2.16. The predicted octanol–water partition coefficient (Wildman–Crippen LogP) is 3.19. The van der Waals surface area contributed by atoms with E-state index in [1.807, 2.05) is 37.4 Å². The monoisotopic (exact) mass is 350 g/mol. The normalized spacial score (nSPS) is 11.5. The first kappa shape index (κ1) is 15.9. The molecular weight excluding hydrogens is 332 g/mol. The molecule has 1 aromatic carbocycles. The summed E-state index contributed by atoms with van der Waals surface area (Å²) in [6.07, 6.45) is 3.79. The molecule has 0 aliphatic rings. The number of nitrogens with zero attached hydrogens (tertiary/aromatic N) is 6. The average Bonchev–Trinajstić information content (AvgIpc) is 3.20. The smallest absolute Gasteiger partial charge is 0.234 e. The van der Waals surface area contributed by atoms with Gasteiger partial charge in [-0.05, 0) is 31.6 Å². The van der Waals surface area contributed by atoms with Crippen LogP contribution in [-0.4, -0.2) is 35.9 Å². The standard InChI is InChI=1S/C18H18N6S/c1-13-16(25-22-21-13)12-23(2)11-15-17(14-7-4-3-5-8-14)20-18-19-9-6-10-24(15)18/h3-10H,11-12H2,1-2H3. The molecule has 0 fully saturated rings. The lowest BCUT2D eigenvalue weighted by Crippen LogP contribution is -2.18. The van der Waals surface area contributed by atoms with E-state index in [-0.39, 0.29) is 0 Å². The maximum absolute atomic E-state index is 4.75. The van der Waals surface area contributed by atoms with Crippen molar-refractivity contribution in [1.29, 1.82) is 0 Å². The van der Waals surface area contributed by atoms with Crippen molar-refractivity contribution in [3.05, 3.63) is 65.1 Å². The van der Waals surface area contributed by atoms with E-state index in [1.54, 1.807) is 6.20 Å². The number of imidazole rings is 1. The van der Waals surface area contributed by atoms with Crippen molar-refractivity contribution in [2.75, 3.05) is 7.05 Å². The van der Waals surface area contributed by atoms with E-state index < -0.39 is 0 Å². The van der Waals surface area contributed by atoms with Gasteiger partial charge in [0, 0.05) is 31.0 Å². The van der Waals surface area contributed by atoms with E-state index in [0.717, 1.165) is 41.5 Å². The van der Waals surface area contributed by atoms with Gasteiger partial charge in [-0.1, -0.05) is 34.8 Å². The minimum Gasteiger partial charge on any atom is -0.295 e. The first-order chi connectivity index (χ1) is 12.2. The Bertz CT molecular complexity index is 991. The molecule has 4 aromatic rings. The van der Waals surface area contributed by atoms with Crippen LogP contribution in [0.5, 0.6) is 0 Å². The van der Waals surface area contributed by atoms with E-state index in [9.17, 15) is 0 Å². The Balaban J connectivity index is 1.71. The van der Waals surface area contributed by atoms with Crippen molar-refractivity contribution in [2.24, 2.45) is 0 Å². The fourth-order valence-corrected chi connectivity index (χ4v) is 3.58. The van der Waals surface area contributed by atoms with Crippen molar-refractivity contribution in [3.8, 4) is 11.3 Å². The van der Waals surface area contributed by atoms with Crippen LogP contribution in [0.25, 0.3) is 17.0 Å². The van der Waals surface area contributed by atoms with Crippen LogP contribution < -0.4 is 0 Å². The lowest BCUT2D eigenvalue weighted by molar-refractivity contribution is 0.316. The van der Waals surface area contributed by atoms with Crippen LogP contribution in [0.2, 0.25) is 0 Å². The second-order valence-electron chi connectivity index (χ2n) is 6.02. The van der Waals surface area contributed by atoms with Crippen LogP contribution >= 0.6 is 11.5 Å². The van der Waals surface area contributed by atoms with Gasteiger partial charge in [-0.3, -0.25) is 9.30 Å². The number of benzene rings is 1. The number of aryl methyl sites for hydroxylation is 1. The van der Waals surface area contributed by atoms with Gasteiger partial charge in [0.25, 0.3) is 0 Å². The SMILES string of the molecule is Cc1nnsc1CN(C)Cc1c(-c2ccccc2)nc2ncccn12. The van der Waals surface area contributed by atoms with Gasteiger partial charge in [-0.15, -0.1) is 5.10 Å². The third-order valence-corrected chi connectivity index (χ3v) is 4.94. The quantitative estimate of drug-likeness (QED) is 0.553. The second kappa shape index (κ2) is 6.70. The van der Waals surface area contributed by atoms with Crippen LogP contribution in [0.1, 0.15) is 16.3 Å². The fourth-order valence-electron chi connectivity index (χ4n) is 2.87. The molecule has 0 amide bonds. The highest BCUT2D eigenvalue weighted by molar-refractivity contribution is 7.05. The third-order valence-electron chi connectivity index (χ3n) is 4.13. The van der Waals surface area contributed by atoms with Crippen LogP contribution in [0.4, 0.5) is 0 Å². The highest BCUT2D eigenvalue weighted by Gasteiger charge is 2.17. The molecule has 25 heavy (non-hydrogen) atoms. The molecule has 0 aliphatic carbocycles. The van der Waals surface area contributed by atoms with Crippen LogP contribution in [0, 0.1) is 6.92 Å². The topological polar surface area (TPSA) is 59.2 Å². The summed E-state index contributed by atoms with van der Waals surface area (Å²) in [6, 6.07) is 12.2. The fraction of sp³-hybridized carbons (Fsp3) is 0.222. The van der Waals surface area contributed by atoms with Crippen LogP contribution in [-0.2, 0) is 13.1 Å². The molecule has 0 unspecified atom stereocenters. The number of hydrogen-bond acceptors (Lipinski definition) is 6. The summed E-state index contributed by atoms with van der Waals surface area (Å²) < 4.78 is 6.09. The molecule has 3 heterocycles. The van der Waals surface area contributed by atoms with Gasteiger partial charge >= 0.3 is 0 Å². The Kier molecular flexibility index (Phi) is 4.25. The molecule has 0 bridgehead atoms. The highest BCUT2D eigenvalue weighted by atomic mass is 32.1. The zero-order valence-corrected chi connectivity index (χ0v) is 14.9. The van der Waals surface area contributed by atoms with E-state index in [1.165, 1.54) is 16.4 Å². The van der Waals surface area contributed by atoms with Gasteiger partial charge in [0.05, 0.1) is 22.0 Å². The Morgan fingerprint density at radius 1 is 1.12 bits per heavy atom. The molecule has 0 N–H and O–H groups in total. The number of aromatic nitrogens is 5. The summed E-state index contributed by atoms with van der Waals surface area (Å²) in [6.45, 7) is 3.57.